The Balaban J connectivity index is 1.84. The molecule has 3 rings (SSSR count). The van der Waals surface area contributed by atoms with Crippen LogP contribution in [0.25, 0.3) is 0 Å². The summed E-state index contributed by atoms with van der Waals surface area (Å²) < 4.78 is 37.9. The molecule has 0 unspecified atom stereocenters. The number of carbonyl (C=O) groups excluding carboxylic acids is 2. The highest BCUT2D eigenvalue weighted by atomic mass is 35.5. The van der Waals surface area contributed by atoms with Crippen molar-refractivity contribution in [2.45, 2.75) is 31.0 Å². The first-order valence-electron chi connectivity index (χ1n) is 9.06. The maximum Gasteiger partial charge on any atom is 0.348 e. The fraction of sp³-hybridized carbons (Fsp3) is 0.368. The number of amides is 1. The minimum absolute atomic E-state index is 0.0300. The van der Waals surface area contributed by atoms with E-state index in [1.54, 1.807) is 19.9 Å². The summed E-state index contributed by atoms with van der Waals surface area (Å²) in [7, 11) is -2.65. The molecule has 1 N–H and O–H groups in total. The number of benzene rings is 1. The van der Waals surface area contributed by atoms with Crippen LogP contribution in [0.2, 0.25) is 5.02 Å². The summed E-state index contributed by atoms with van der Waals surface area (Å²) in [5, 5.41) is 3.11. The molecule has 1 saturated heterocycles. The van der Waals surface area contributed by atoms with Crippen molar-refractivity contribution in [3.63, 3.8) is 0 Å². The lowest BCUT2D eigenvalue weighted by Crippen LogP contribution is -2.48. The highest BCUT2D eigenvalue weighted by molar-refractivity contribution is 7.89. The first-order valence-corrected chi connectivity index (χ1v) is 11.7. The predicted octanol–water partition coefficient (Wildman–Crippen LogP) is 3.24. The van der Waals surface area contributed by atoms with Gasteiger partial charge in [-0.15, -0.1) is 11.3 Å². The molecular formula is C19H21ClN2O6S2. The van der Waals surface area contributed by atoms with Gasteiger partial charge in [-0.3, -0.25) is 4.79 Å². The van der Waals surface area contributed by atoms with Crippen molar-refractivity contribution in [3.8, 4) is 0 Å². The lowest BCUT2D eigenvalue weighted by molar-refractivity contribution is -0.0440. The minimum atomic E-state index is -3.92. The molecule has 0 radical (unpaired) electrons. The number of carbonyl (C=O) groups is 2. The molecule has 11 heteroatoms. The molecule has 1 aliphatic rings. The number of hydrogen-bond acceptors (Lipinski definition) is 7. The van der Waals surface area contributed by atoms with E-state index in [1.165, 1.54) is 35.7 Å². The lowest BCUT2D eigenvalue weighted by Gasteiger charge is -2.34. The Labute approximate surface area is 183 Å². The predicted molar refractivity (Wildman–Crippen MR) is 114 cm³/mol. The zero-order valence-electron chi connectivity index (χ0n) is 16.5. The first kappa shape index (κ1) is 22.7. The fourth-order valence-electron chi connectivity index (χ4n) is 3.11. The Kier molecular flexibility index (Phi) is 6.83. The second-order valence-corrected chi connectivity index (χ2v) is 10.2. The second kappa shape index (κ2) is 9.03. The summed E-state index contributed by atoms with van der Waals surface area (Å²) in [6.45, 7) is 4.00. The first-order chi connectivity index (χ1) is 14.1. The second-order valence-electron chi connectivity index (χ2n) is 6.83. The third-order valence-corrected chi connectivity index (χ3v) is 7.72. The molecule has 0 aliphatic carbocycles. The molecule has 1 aromatic heterocycles. The molecule has 1 aliphatic heterocycles. The number of halogens is 1. The Morgan fingerprint density at radius 3 is 2.50 bits per heavy atom. The third-order valence-electron chi connectivity index (χ3n) is 4.43. The maximum atomic E-state index is 13.1. The average molecular weight is 473 g/mol. The van der Waals surface area contributed by atoms with Crippen LogP contribution in [0.5, 0.6) is 0 Å². The molecular weight excluding hydrogens is 452 g/mol. The monoisotopic (exact) mass is 472 g/mol. The van der Waals surface area contributed by atoms with Gasteiger partial charge in [0.05, 0.1) is 29.3 Å². The molecule has 1 fully saturated rings. The number of anilines is 1. The van der Waals surface area contributed by atoms with Crippen molar-refractivity contribution in [1.82, 2.24) is 4.31 Å². The van der Waals surface area contributed by atoms with E-state index in [9.17, 15) is 18.0 Å². The van der Waals surface area contributed by atoms with Crippen LogP contribution in [-0.2, 0) is 19.5 Å². The van der Waals surface area contributed by atoms with Gasteiger partial charge in [0.2, 0.25) is 10.0 Å². The normalized spacial score (nSPS) is 20.0. The highest BCUT2D eigenvalue weighted by Gasteiger charge is 2.34. The standard InChI is InChI=1S/C19H21ClN2O6S2/c1-11-9-22(10-12(2)28-11)30(25,26)16-8-13(4-5-14(16)20)18(23)21-17-7-6-15(29-17)19(24)27-3/h4-8,11-12H,9-10H2,1-3H3,(H,21,23)/t11-,12+. The number of esters is 1. The fourth-order valence-corrected chi connectivity index (χ4v) is 6.02. The number of methoxy groups -OCH3 is 1. The van der Waals surface area contributed by atoms with Crippen molar-refractivity contribution in [1.29, 1.82) is 0 Å². The van der Waals surface area contributed by atoms with E-state index in [0.29, 0.717) is 9.88 Å². The van der Waals surface area contributed by atoms with E-state index in [1.807, 2.05) is 0 Å². The SMILES string of the molecule is COC(=O)c1ccc(NC(=O)c2ccc(Cl)c(S(=O)(=O)N3C[C@@H](C)O[C@@H](C)C3)c2)s1. The van der Waals surface area contributed by atoms with E-state index >= 15 is 0 Å². The van der Waals surface area contributed by atoms with Gasteiger partial charge in [0.25, 0.3) is 5.91 Å². The van der Waals surface area contributed by atoms with Crippen LogP contribution in [0.3, 0.4) is 0 Å². The van der Waals surface area contributed by atoms with Gasteiger partial charge in [-0.05, 0) is 44.2 Å². The zero-order chi connectivity index (χ0) is 22.1. The summed E-state index contributed by atoms with van der Waals surface area (Å²) in [4.78, 5) is 24.4. The molecule has 0 spiro atoms. The van der Waals surface area contributed by atoms with Gasteiger partial charge >= 0.3 is 5.97 Å². The Morgan fingerprint density at radius 1 is 1.20 bits per heavy atom. The smallest absolute Gasteiger partial charge is 0.348 e. The van der Waals surface area contributed by atoms with Crippen molar-refractivity contribution in [3.05, 3.63) is 45.8 Å². The van der Waals surface area contributed by atoms with Crippen LogP contribution in [0.4, 0.5) is 5.00 Å². The molecule has 0 bridgehead atoms. The van der Waals surface area contributed by atoms with Gasteiger partial charge in [-0.1, -0.05) is 11.6 Å². The number of nitrogens with zero attached hydrogens (tertiary/aromatic N) is 1. The molecule has 8 nitrogen and oxygen atoms in total. The summed E-state index contributed by atoms with van der Waals surface area (Å²) in [5.74, 6) is -1.03. The number of ether oxygens (including phenoxy) is 2. The largest absolute Gasteiger partial charge is 0.465 e. The van der Waals surface area contributed by atoms with Gasteiger partial charge in [-0.25, -0.2) is 13.2 Å². The van der Waals surface area contributed by atoms with Gasteiger partial charge in [0, 0.05) is 18.7 Å². The summed E-state index contributed by atoms with van der Waals surface area (Å²) in [6.07, 6.45) is -0.506. The summed E-state index contributed by atoms with van der Waals surface area (Å²) >= 11 is 7.23. The topological polar surface area (TPSA) is 102 Å². The van der Waals surface area contributed by atoms with Crippen molar-refractivity contribution >= 4 is 49.8 Å². The third kappa shape index (κ3) is 4.84. The molecule has 2 aromatic rings. The summed E-state index contributed by atoms with van der Waals surface area (Å²) in [5.41, 5.74) is 0.125. The number of morpholine rings is 1. The average Bonchev–Trinajstić information content (AvgIpc) is 3.15. The van der Waals surface area contributed by atoms with Crippen LogP contribution >= 0.6 is 22.9 Å². The zero-order valence-corrected chi connectivity index (χ0v) is 18.9. The number of thiophene rings is 1. The van der Waals surface area contributed by atoms with Gasteiger partial charge < -0.3 is 14.8 Å². The van der Waals surface area contributed by atoms with E-state index < -0.39 is 21.9 Å². The Morgan fingerprint density at radius 2 is 1.87 bits per heavy atom. The van der Waals surface area contributed by atoms with Gasteiger partial charge in [-0.2, -0.15) is 4.31 Å². The van der Waals surface area contributed by atoms with Crippen LogP contribution in [-0.4, -0.2) is 57.0 Å². The van der Waals surface area contributed by atoms with E-state index in [0.717, 1.165) is 11.3 Å². The van der Waals surface area contributed by atoms with Crippen LogP contribution in [0.15, 0.2) is 35.2 Å². The van der Waals surface area contributed by atoms with Gasteiger partial charge in [0.1, 0.15) is 9.77 Å². The Bertz CT molecular complexity index is 1060. The molecule has 2 heterocycles. The van der Waals surface area contributed by atoms with Crippen molar-refractivity contribution < 1.29 is 27.5 Å². The van der Waals surface area contributed by atoms with Crippen molar-refractivity contribution in [2.75, 3.05) is 25.5 Å². The maximum absolute atomic E-state index is 13.1. The molecule has 30 heavy (non-hydrogen) atoms. The van der Waals surface area contributed by atoms with Crippen molar-refractivity contribution in [2.24, 2.45) is 0 Å². The quantitative estimate of drug-likeness (QED) is 0.670. The number of hydrogen-bond donors (Lipinski definition) is 1. The summed E-state index contributed by atoms with van der Waals surface area (Å²) in [6, 6.07) is 7.18. The number of nitrogens with one attached hydrogen (secondary N) is 1. The molecule has 1 aromatic carbocycles. The Hall–Kier alpha value is -1.98. The van der Waals surface area contributed by atoms with E-state index in [-0.39, 0.29) is 40.8 Å². The van der Waals surface area contributed by atoms with Crippen LogP contribution in [0, 0.1) is 0 Å². The number of rotatable bonds is 5. The molecule has 0 saturated carbocycles. The molecule has 162 valence electrons. The minimum Gasteiger partial charge on any atom is -0.465 e. The molecule has 1 amide bonds. The van der Waals surface area contributed by atoms with E-state index in [4.69, 9.17) is 16.3 Å². The van der Waals surface area contributed by atoms with Crippen LogP contribution < -0.4 is 5.32 Å². The number of sulfonamides is 1. The highest BCUT2D eigenvalue weighted by Crippen LogP contribution is 2.29. The lowest BCUT2D eigenvalue weighted by atomic mass is 10.2. The van der Waals surface area contributed by atoms with Crippen LogP contribution in [0.1, 0.15) is 33.9 Å². The van der Waals surface area contributed by atoms with E-state index in [2.05, 4.69) is 10.1 Å². The molecule has 2 atom stereocenters. The van der Waals surface area contributed by atoms with Gasteiger partial charge in [0.15, 0.2) is 0 Å².